The predicted octanol–water partition coefficient (Wildman–Crippen LogP) is 2.37. The molecule has 0 bridgehead atoms. The number of likely N-dealkylation sites (tertiary alicyclic amines) is 1. The first-order valence-electron chi connectivity index (χ1n) is 9.86. The number of anilines is 1. The molecule has 2 amide bonds. The fourth-order valence-electron chi connectivity index (χ4n) is 4.29. The summed E-state index contributed by atoms with van der Waals surface area (Å²) in [4.78, 5) is 44.1. The predicted molar refractivity (Wildman–Crippen MR) is 110 cm³/mol. The topological polar surface area (TPSA) is 101 Å². The second-order valence-corrected chi connectivity index (χ2v) is 7.76. The second kappa shape index (κ2) is 6.98. The maximum Gasteiger partial charge on any atom is 0.274 e. The third-order valence-corrected chi connectivity index (χ3v) is 6.02. The van der Waals surface area contributed by atoms with E-state index in [9.17, 15) is 9.59 Å². The average molecular weight is 400 g/mol. The highest BCUT2D eigenvalue weighted by Crippen LogP contribution is 2.46. The van der Waals surface area contributed by atoms with Crippen molar-refractivity contribution in [3.05, 3.63) is 66.3 Å². The van der Waals surface area contributed by atoms with Crippen LogP contribution in [0, 0.1) is 6.92 Å². The van der Waals surface area contributed by atoms with Gasteiger partial charge < -0.3 is 10.2 Å². The van der Waals surface area contributed by atoms with Crippen molar-refractivity contribution in [3.63, 3.8) is 0 Å². The number of benzene rings is 1. The van der Waals surface area contributed by atoms with Crippen molar-refractivity contribution in [2.75, 3.05) is 18.4 Å². The lowest BCUT2D eigenvalue weighted by molar-refractivity contribution is -0.122. The standard InChI is InChI=1S/C22H20N6O2/c1-14-9-26-19(12-25-14)20(29)28-6-4-22(5-7-28)17-8-15(16-10-23-13-24-11-16)2-3-18(17)27-21(22)30/h2-3,8-13H,4-7H2,1H3,(H,27,30). The number of carbonyl (C=O) groups excluding carboxylic acids is 2. The molecule has 8 nitrogen and oxygen atoms in total. The normalized spacial score (nSPS) is 17.0. The highest BCUT2D eigenvalue weighted by atomic mass is 16.2. The number of nitrogens with zero attached hydrogens (tertiary/aromatic N) is 5. The maximum absolute atomic E-state index is 13.0. The van der Waals surface area contributed by atoms with Gasteiger partial charge in [-0.1, -0.05) is 6.07 Å². The summed E-state index contributed by atoms with van der Waals surface area (Å²) >= 11 is 0. The molecule has 1 spiro atoms. The average Bonchev–Trinajstić information content (AvgIpc) is 3.05. The molecule has 2 aliphatic heterocycles. The number of hydrogen-bond acceptors (Lipinski definition) is 6. The molecule has 0 aliphatic carbocycles. The summed E-state index contributed by atoms with van der Waals surface area (Å²) in [5.41, 5.74) is 4.17. The van der Waals surface area contributed by atoms with Gasteiger partial charge in [0.15, 0.2) is 0 Å². The van der Waals surface area contributed by atoms with E-state index in [1.165, 1.54) is 12.5 Å². The molecule has 2 aliphatic rings. The fourth-order valence-corrected chi connectivity index (χ4v) is 4.29. The molecular weight excluding hydrogens is 380 g/mol. The Morgan fingerprint density at radius 3 is 2.50 bits per heavy atom. The lowest BCUT2D eigenvalue weighted by atomic mass is 9.73. The number of nitrogens with one attached hydrogen (secondary N) is 1. The molecule has 4 heterocycles. The minimum absolute atomic E-state index is 0.00110. The molecule has 0 saturated carbocycles. The molecule has 150 valence electrons. The monoisotopic (exact) mass is 400 g/mol. The van der Waals surface area contributed by atoms with Crippen molar-refractivity contribution in [3.8, 4) is 11.1 Å². The zero-order valence-corrected chi connectivity index (χ0v) is 16.5. The number of aryl methyl sites for hydroxylation is 1. The Hall–Kier alpha value is -3.68. The van der Waals surface area contributed by atoms with E-state index >= 15 is 0 Å². The summed E-state index contributed by atoms with van der Waals surface area (Å²) in [7, 11) is 0. The van der Waals surface area contributed by atoms with Gasteiger partial charge in [-0.2, -0.15) is 0 Å². The van der Waals surface area contributed by atoms with Crippen LogP contribution in [0.2, 0.25) is 0 Å². The van der Waals surface area contributed by atoms with E-state index < -0.39 is 5.41 Å². The van der Waals surface area contributed by atoms with Gasteiger partial charge in [0, 0.05) is 42.9 Å². The van der Waals surface area contributed by atoms with Crippen molar-refractivity contribution < 1.29 is 9.59 Å². The molecule has 0 atom stereocenters. The minimum atomic E-state index is -0.628. The Kier molecular flexibility index (Phi) is 4.27. The molecule has 1 N–H and O–H groups in total. The number of hydrogen-bond donors (Lipinski definition) is 1. The molecule has 1 fully saturated rings. The Labute approximate surface area is 173 Å². The minimum Gasteiger partial charge on any atom is -0.337 e. The molecule has 5 rings (SSSR count). The van der Waals surface area contributed by atoms with Crippen LogP contribution in [0.1, 0.15) is 34.6 Å². The van der Waals surface area contributed by atoms with Gasteiger partial charge in [0.05, 0.1) is 17.3 Å². The van der Waals surface area contributed by atoms with Gasteiger partial charge >= 0.3 is 0 Å². The van der Waals surface area contributed by atoms with Gasteiger partial charge in [-0.25, -0.2) is 15.0 Å². The lowest BCUT2D eigenvalue weighted by Crippen LogP contribution is -2.48. The van der Waals surface area contributed by atoms with Crippen LogP contribution in [-0.4, -0.2) is 49.7 Å². The van der Waals surface area contributed by atoms with E-state index in [1.807, 2.05) is 19.1 Å². The number of carbonyl (C=O) groups is 2. The largest absolute Gasteiger partial charge is 0.337 e. The van der Waals surface area contributed by atoms with E-state index in [0.29, 0.717) is 31.6 Å². The third-order valence-electron chi connectivity index (χ3n) is 6.02. The van der Waals surface area contributed by atoms with Crippen LogP contribution in [0.25, 0.3) is 11.1 Å². The van der Waals surface area contributed by atoms with Crippen LogP contribution in [0.3, 0.4) is 0 Å². The molecule has 3 aromatic rings. The lowest BCUT2D eigenvalue weighted by Gasteiger charge is -2.38. The van der Waals surface area contributed by atoms with Gasteiger partial charge in [-0.05, 0) is 43.0 Å². The highest BCUT2D eigenvalue weighted by molar-refractivity contribution is 6.07. The SMILES string of the molecule is Cc1cnc(C(=O)N2CCC3(CC2)C(=O)Nc2ccc(-c4cncnc4)cc23)cn1. The summed E-state index contributed by atoms with van der Waals surface area (Å²) in [5.74, 6) is -0.146. The Morgan fingerprint density at radius 1 is 1.03 bits per heavy atom. The molecule has 0 unspecified atom stereocenters. The Bertz CT molecular complexity index is 1120. The molecule has 30 heavy (non-hydrogen) atoms. The van der Waals surface area contributed by atoms with Crippen molar-refractivity contribution in [2.45, 2.75) is 25.2 Å². The van der Waals surface area contributed by atoms with E-state index in [2.05, 4.69) is 31.3 Å². The molecule has 1 saturated heterocycles. The van der Waals surface area contributed by atoms with E-state index in [-0.39, 0.29) is 11.8 Å². The summed E-state index contributed by atoms with van der Waals surface area (Å²) in [6.45, 7) is 2.80. The summed E-state index contributed by atoms with van der Waals surface area (Å²) in [5, 5.41) is 3.02. The number of rotatable bonds is 2. The number of amides is 2. The van der Waals surface area contributed by atoms with Crippen LogP contribution < -0.4 is 5.32 Å². The Morgan fingerprint density at radius 2 is 1.80 bits per heavy atom. The van der Waals surface area contributed by atoms with E-state index in [1.54, 1.807) is 23.5 Å². The summed E-state index contributed by atoms with van der Waals surface area (Å²) < 4.78 is 0. The van der Waals surface area contributed by atoms with Gasteiger partial charge in [-0.15, -0.1) is 0 Å². The van der Waals surface area contributed by atoms with Gasteiger partial charge in [0.1, 0.15) is 12.0 Å². The quantitative estimate of drug-likeness (QED) is 0.709. The molecule has 2 aromatic heterocycles. The van der Waals surface area contributed by atoms with Crippen molar-refractivity contribution in [1.82, 2.24) is 24.8 Å². The summed E-state index contributed by atoms with van der Waals surface area (Å²) in [6, 6.07) is 5.95. The third kappa shape index (κ3) is 2.92. The zero-order chi connectivity index (χ0) is 20.7. The van der Waals surface area contributed by atoms with Crippen molar-refractivity contribution in [2.24, 2.45) is 0 Å². The van der Waals surface area contributed by atoms with Crippen molar-refractivity contribution in [1.29, 1.82) is 0 Å². The fraction of sp³-hybridized carbons (Fsp3) is 0.273. The van der Waals surface area contributed by atoms with Crippen LogP contribution in [0.15, 0.2) is 49.3 Å². The second-order valence-electron chi connectivity index (χ2n) is 7.76. The zero-order valence-electron chi connectivity index (χ0n) is 16.5. The smallest absolute Gasteiger partial charge is 0.274 e. The molecule has 1 aromatic carbocycles. The van der Waals surface area contributed by atoms with E-state index in [0.717, 1.165) is 28.1 Å². The first-order chi connectivity index (χ1) is 14.6. The summed E-state index contributed by atoms with van der Waals surface area (Å²) in [6.07, 6.45) is 9.23. The first-order valence-corrected chi connectivity index (χ1v) is 9.86. The number of fused-ring (bicyclic) bond motifs is 2. The molecular formula is C22H20N6O2. The first kappa shape index (κ1) is 18.4. The van der Waals surface area contributed by atoms with Gasteiger partial charge in [0.25, 0.3) is 5.91 Å². The van der Waals surface area contributed by atoms with Gasteiger partial charge in [0.2, 0.25) is 5.91 Å². The van der Waals surface area contributed by atoms with Crippen LogP contribution >= 0.6 is 0 Å². The molecule has 0 radical (unpaired) electrons. The Balaban J connectivity index is 1.41. The number of piperidine rings is 1. The van der Waals surface area contributed by atoms with Crippen LogP contribution in [0.5, 0.6) is 0 Å². The molecule has 8 heteroatoms. The van der Waals surface area contributed by atoms with E-state index in [4.69, 9.17) is 0 Å². The maximum atomic E-state index is 13.0. The highest BCUT2D eigenvalue weighted by Gasteiger charge is 2.49. The van der Waals surface area contributed by atoms with Crippen molar-refractivity contribution >= 4 is 17.5 Å². The van der Waals surface area contributed by atoms with Crippen LogP contribution in [-0.2, 0) is 10.2 Å². The number of aromatic nitrogens is 4. The van der Waals surface area contributed by atoms with Crippen LogP contribution in [0.4, 0.5) is 5.69 Å². The van der Waals surface area contributed by atoms with Gasteiger partial charge in [-0.3, -0.25) is 14.6 Å².